The highest BCUT2D eigenvalue weighted by molar-refractivity contribution is 5.76. The number of carbonyl (C=O) groups is 1. The Morgan fingerprint density at radius 3 is 2.32 bits per heavy atom. The van der Waals surface area contributed by atoms with Gasteiger partial charge in [-0.05, 0) is 30.0 Å². The molecule has 1 fully saturated rings. The summed E-state index contributed by atoms with van der Waals surface area (Å²) in [4.78, 5) is 11.8. The maximum Gasteiger partial charge on any atom is 0.412 e. The van der Waals surface area contributed by atoms with Gasteiger partial charge in [0.1, 0.15) is 5.82 Å². The van der Waals surface area contributed by atoms with E-state index in [-0.39, 0.29) is 12.0 Å². The number of rotatable bonds is 5. The molecule has 1 amide bonds. The van der Waals surface area contributed by atoms with Crippen molar-refractivity contribution in [2.24, 2.45) is 5.92 Å². The zero-order valence-electron chi connectivity index (χ0n) is 12.1. The normalized spacial score (nSPS) is 17.5. The zero-order valence-corrected chi connectivity index (χ0v) is 12.1. The fraction of sp³-hybridized carbons (Fsp3) is 0.562. The summed E-state index contributed by atoms with van der Waals surface area (Å²) in [5.41, 5.74) is -0.164. The van der Waals surface area contributed by atoms with Crippen LogP contribution in [0.2, 0.25) is 0 Å². The highest BCUT2D eigenvalue weighted by Crippen LogP contribution is 2.33. The molecule has 0 spiro atoms. The van der Waals surface area contributed by atoms with Gasteiger partial charge in [-0.3, -0.25) is 4.79 Å². The molecule has 2 rings (SSSR count). The third kappa shape index (κ3) is 4.71. The Labute approximate surface area is 126 Å². The minimum atomic E-state index is -4.61. The van der Waals surface area contributed by atoms with Gasteiger partial charge in [0.2, 0.25) is 5.91 Å². The molecule has 0 radical (unpaired) electrons. The van der Waals surface area contributed by atoms with Gasteiger partial charge in [-0.1, -0.05) is 37.8 Å². The fourth-order valence-corrected chi connectivity index (χ4v) is 2.88. The Morgan fingerprint density at radius 1 is 1.18 bits per heavy atom. The van der Waals surface area contributed by atoms with E-state index in [0.717, 1.165) is 49.9 Å². The molecule has 0 aliphatic heterocycles. The van der Waals surface area contributed by atoms with Gasteiger partial charge in [0.05, 0.1) is 0 Å². The molecule has 1 unspecified atom stereocenters. The van der Waals surface area contributed by atoms with E-state index in [0.29, 0.717) is 12.3 Å². The summed E-state index contributed by atoms with van der Waals surface area (Å²) in [6.45, 7) is 0. The monoisotopic (exact) mass is 317 g/mol. The van der Waals surface area contributed by atoms with Crippen molar-refractivity contribution < 1.29 is 22.4 Å². The third-order valence-electron chi connectivity index (χ3n) is 4.09. The van der Waals surface area contributed by atoms with Gasteiger partial charge in [0.25, 0.3) is 0 Å². The van der Waals surface area contributed by atoms with Crippen molar-refractivity contribution >= 4 is 5.91 Å². The van der Waals surface area contributed by atoms with Crippen LogP contribution in [0.4, 0.5) is 17.6 Å². The molecular weight excluding hydrogens is 298 g/mol. The quantitative estimate of drug-likeness (QED) is 0.795. The standard InChI is InChI=1S/C16H19F4NO/c17-13-8-6-12(7-9-13)15(16(18,19)20)21-14(22)10-5-11-3-1-2-4-11/h6-9,11,15H,1-5,10H2,(H,21,22). The molecule has 122 valence electrons. The molecule has 6 heteroatoms. The Morgan fingerprint density at radius 2 is 1.77 bits per heavy atom. The number of benzene rings is 1. The van der Waals surface area contributed by atoms with Crippen LogP contribution in [-0.4, -0.2) is 12.1 Å². The first-order valence-corrected chi connectivity index (χ1v) is 7.48. The summed E-state index contributed by atoms with van der Waals surface area (Å²) in [5.74, 6) is -0.781. The molecule has 1 saturated carbocycles. The second-order valence-corrected chi connectivity index (χ2v) is 5.78. The predicted molar refractivity (Wildman–Crippen MR) is 74.5 cm³/mol. The number of amides is 1. The van der Waals surface area contributed by atoms with Crippen LogP contribution >= 0.6 is 0 Å². The molecule has 0 heterocycles. The number of hydrogen-bond acceptors (Lipinski definition) is 1. The van der Waals surface area contributed by atoms with Gasteiger partial charge in [0.15, 0.2) is 6.04 Å². The topological polar surface area (TPSA) is 29.1 Å². The average molecular weight is 317 g/mol. The molecule has 22 heavy (non-hydrogen) atoms. The van der Waals surface area contributed by atoms with Gasteiger partial charge in [-0.15, -0.1) is 0 Å². The summed E-state index contributed by atoms with van der Waals surface area (Å²) in [5, 5.41) is 2.03. The van der Waals surface area contributed by atoms with Crippen LogP contribution in [0.3, 0.4) is 0 Å². The highest BCUT2D eigenvalue weighted by Gasteiger charge is 2.41. The molecule has 1 N–H and O–H groups in total. The van der Waals surface area contributed by atoms with Gasteiger partial charge >= 0.3 is 6.18 Å². The first-order chi connectivity index (χ1) is 10.4. The molecule has 1 aromatic rings. The van der Waals surface area contributed by atoms with E-state index in [1.807, 2.05) is 5.32 Å². The van der Waals surface area contributed by atoms with E-state index in [9.17, 15) is 22.4 Å². The molecule has 0 aromatic heterocycles. The van der Waals surface area contributed by atoms with Crippen LogP contribution in [0.25, 0.3) is 0 Å². The number of carbonyl (C=O) groups excluding carboxylic acids is 1. The summed E-state index contributed by atoms with van der Waals surface area (Å²) in [6, 6.07) is 1.91. The first-order valence-electron chi connectivity index (χ1n) is 7.48. The van der Waals surface area contributed by atoms with Gasteiger partial charge < -0.3 is 5.32 Å². The Bertz CT molecular complexity index is 492. The first kappa shape index (κ1) is 16.8. The highest BCUT2D eigenvalue weighted by atomic mass is 19.4. The van der Waals surface area contributed by atoms with E-state index >= 15 is 0 Å². The largest absolute Gasteiger partial charge is 0.412 e. The van der Waals surface area contributed by atoms with Crippen LogP contribution in [0, 0.1) is 11.7 Å². The SMILES string of the molecule is O=C(CCC1CCCC1)NC(c1ccc(F)cc1)C(F)(F)F. The van der Waals surface area contributed by atoms with Crippen LogP contribution in [0.1, 0.15) is 50.1 Å². The molecule has 1 atom stereocenters. The van der Waals surface area contributed by atoms with Crippen molar-refractivity contribution in [1.82, 2.24) is 5.32 Å². The second-order valence-electron chi connectivity index (χ2n) is 5.78. The van der Waals surface area contributed by atoms with Crippen molar-refractivity contribution in [3.63, 3.8) is 0 Å². The van der Waals surface area contributed by atoms with Crippen molar-refractivity contribution in [2.75, 3.05) is 0 Å². The van der Waals surface area contributed by atoms with Crippen molar-refractivity contribution in [3.05, 3.63) is 35.6 Å². The molecule has 1 aliphatic carbocycles. The predicted octanol–water partition coefficient (Wildman–Crippen LogP) is 4.52. The van der Waals surface area contributed by atoms with E-state index in [1.54, 1.807) is 0 Å². The van der Waals surface area contributed by atoms with E-state index < -0.39 is 23.9 Å². The van der Waals surface area contributed by atoms with Gasteiger partial charge in [0, 0.05) is 6.42 Å². The number of halogens is 4. The van der Waals surface area contributed by atoms with Crippen LogP contribution < -0.4 is 5.32 Å². The minimum absolute atomic E-state index is 0.0957. The van der Waals surface area contributed by atoms with Crippen molar-refractivity contribution in [2.45, 2.75) is 50.7 Å². The van der Waals surface area contributed by atoms with Gasteiger partial charge in [-0.25, -0.2) is 4.39 Å². The minimum Gasteiger partial charge on any atom is -0.341 e. The average Bonchev–Trinajstić information content (AvgIpc) is 2.96. The van der Waals surface area contributed by atoms with E-state index in [1.165, 1.54) is 0 Å². The third-order valence-corrected chi connectivity index (χ3v) is 4.09. The fourth-order valence-electron chi connectivity index (χ4n) is 2.88. The van der Waals surface area contributed by atoms with Crippen molar-refractivity contribution in [3.8, 4) is 0 Å². The smallest absolute Gasteiger partial charge is 0.341 e. The van der Waals surface area contributed by atoms with Crippen LogP contribution in [0.15, 0.2) is 24.3 Å². The summed E-state index contributed by atoms with van der Waals surface area (Å²) in [6.07, 6.45) is 0.473. The zero-order chi connectivity index (χ0) is 16.2. The second kappa shape index (κ2) is 7.11. The van der Waals surface area contributed by atoms with Crippen LogP contribution in [0.5, 0.6) is 0 Å². The lowest BCUT2D eigenvalue weighted by Crippen LogP contribution is -2.38. The lowest BCUT2D eigenvalue weighted by molar-refractivity contribution is -0.163. The lowest BCUT2D eigenvalue weighted by Gasteiger charge is -2.22. The van der Waals surface area contributed by atoms with E-state index in [2.05, 4.69) is 0 Å². The van der Waals surface area contributed by atoms with E-state index in [4.69, 9.17) is 0 Å². The number of nitrogens with one attached hydrogen (secondary N) is 1. The van der Waals surface area contributed by atoms with Crippen molar-refractivity contribution in [1.29, 1.82) is 0 Å². The lowest BCUT2D eigenvalue weighted by atomic mass is 10.0. The molecule has 1 aromatic carbocycles. The van der Waals surface area contributed by atoms with Crippen LogP contribution in [-0.2, 0) is 4.79 Å². The summed E-state index contributed by atoms with van der Waals surface area (Å²) < 4.78 is 52.1. The Hall–Kier alpha value is -1.59. The molecule has 2 nitrogen and oxygen atoms in total. The molecule has 1 aliphatic rings. The summed E-state index contributed by atoms with van der Waals surface area (Å²) in [7, 11) is 0. The molecule has 0 saturated heterocycles. The molecular formula is C16H19F4NO. The number of hydrogen-bond donors (Lipinski definition) is 1. The number of alkyl halides is 3. The Balaban J connectivity index is 1.97. The van der Waals surface area contributed by atoms with Gasteiger partial charge in [-0.2, -0.15) is 13.2 Å². The maximum absolute atomic E-state index is 13.1. The molecule has 0 bridgehead atoms. The summed E-state index contributed by atoms with van der Waals surface area (Å²) >= 11 is 0. The maximum atomic E-state index is 13.1. The Kier molecular flexibility index (Phi) is 5.42.